The summed E-state index contributed by atoms with van der Waals surface area (Å²) in [4.78, 5) is 17.5. The molecule has 33 heavy (non-hydrogen) atoms. The Bertz CT molecular complexity index is 793. The summed E-state index contributed by atoms with van der Waals surface area (Å²) in [7, 11) is 0. The minimum Gasteiger partial charge on any atom is -0.489 e. The van der Waals surface area contributed by atoms with Crippen LogP contribution < -0.4 is 10.1 Å². The number of carbonyl (C=O) groups is 1. The number of hydrogen-bond acceptors (Lipinski definition) is 3. The van der Waals surface area contributed by atoms with Gasteiger partial charge in [-0.05, 0) is 69.1 Å². The number of carbonyl (C=O) groups excluding carboxylic acids is 1. The highest BCUT2D eigenvalue weighted by molar-refractivity contribution is 5.74. The van der Waals surface area contributed by atoms with Gasteiger partial charge in [-0.3, -0.25) is 0 Å². The van der Waals surface area contributed by atoms with Crippen molar-refractivity contribution >= 4 is 6.03 Å². The van der Waals surface area contributed by atoms with Crippen LogP contribution in [-0.2, 0) is 13.2 Å². The number of amides is 2. The maximum Gasteiger partial charge on any atom is 0.317 e. The molecule has 5 heteroatoms. The zero-order chi connectivity index (χ0) is 23.9. The van der Waals surface area contributed by atoms with Gasteiger partial charge in [0.25, 0.3) is 0 Å². The van der Waals surface area contributed by atoms with E-state index in [9.17, 15) is 4.79 Å². The largest absolute Gasteiger partial charge is 0.489 e. The number of rotatable bonds is 15. The van der Waals surface area contributed by atoms with Gasteiger partial charge in [-0.25, -0.2) is 4.79 Å². The molecule has 2 rings (SSSR count). The van der Waals surface area contributed by atoms with Gasteiger partial charge in [-0.15, -0.1) is 0 Å². The lowest BCUT2D eigenvalue weighted by Gasteiger charge is -2.30. The van der Waals surface area contributed by atoms with Crippen LogP contribution in [0.15, 0.2) is 54.6 Å². The van der Waals surface area contributed by atoms with Gasteiger partial charge in [0, 0.05) is 19.1 Å². The van der Waals surface area contributed by atoms with Gasteiger partial charge in [0.2, 0.25) is 0 Å². The number of nitrogens with zero attached hydrogens (tertiary/aromatic N) is 2. The van der Waals surface area contributed by atoms with Crippen molar-refractivity contribution in [3.63, 3.8) is 0 Å². The van der Waals surface area contributed by atoms with Gasteiger partial charge in [0.1, 0.15) is 12.4 Å². The summed E-state index contributed by atoms with van der Waals surface area (Å²) in [6.07, 6.45) is 4.14. The van der Waals surface area contributed by atoms with Crippen LogP contribution in [0.2, 0.25) is 0 Å². The fourth-order valence-corrected chi connectivity index (χ4v) is 3.88. The zero-order valence-corrected chi connectivity index (χ0v) is 21.1. The molecule has 0 fully saturated rings. The topological polar surface area (TPSA) is 44.8 Å². The molecule has 0 spiro atoms. The standard InChI is InChI=1S/C28H43N3O2/c1-5-8-19-29-28(32)31(24(4)14-13-20-30(6-2)7-3)22-26-17-12-18-27(21-26)33-23-25-15-10-9-11-16-25/h9-12,15-18,21,24H,5-8,13-14,19-20,22-23H2,1-4H3,(H,29,32). The summed E-state index contributed by atoms with van der Waals surface area (Å²) >= 11 is 0. The number of ether oxygens (including phenoxy) is 1. The molecule has 1 N–H and O–H groups in total. The molecule has 182 valence electrons. The second-order valence-electron chi connectivity index (χ2n) is 8.65. The summed E-state index contributed by atoms with van der Waals surface area (Å²) in [5.74, 6) is 0.830. The first-order chi connectivity index (χ1) is 16.1. The van der Waals surface area contributed by atoms with Crippen molar-refractivity contribution in [2.75, 3.05) is 26.2 Å². The highest BCUT2D eigenvalue weighted by atomic mass is 16.5. The third kappa shape index (κ3) is 9.87. The lowest BCUT2D eigenvalue weighted by molar-refractivity contribution is 0.167. The van der Waals surface area contributed by atoms with Gasteiger partial charge < -0.3 is 19.9 Å². The Morgan fingerprint density at radius 2 is 1.70 bits per heavy atom. The maximum absolute atomic E-state index is 13.0. The highest BCUT2D eigenvalue weighted by Crippen LogP contribution is 2.19. The molecule has 0 aliphatic carbocycles. The van der Waals surface area contributed by atoms with E-state index in [1.54, 1.807) is 0 Å². The fraction of sp³-hybridized carbons (Fsp3) is 0.536. The molecule has 1 atom stereocenters. The van der Waals surface area contributed by atoms with Crippen molar-refractivity contribution in [2.45, 2.75) is 72.6 Å². The molecule has 0 bridgehead atoms. The molecular formula is C28H43N3O2. The van der Waals surface area contributed by atoms with Crippen molar-refractivity contribution in [3.8, 4) is 5.75 Å². The van der Waals surface area contributed by atoms with Gasteiger partial charge in [-0.2, -0.15) is 0 Å². The Labute approximate surface area is 201 Å². The van der Waals surface area contributed by atoms with Gasteiger partial charge in [0.05, 0.1) is 0 Å². The normalized spacial score (nSPS) is 11.9. The average molecular weight is 454 g/mol. The first kappa shape index (κ1) is 26.7. The Balaban J connectivity index is 2.02. The van der Waals surface area contributed by atoms with Crippen LogP contribution in [0.1, 0.15) is 64.5 Å². The van der Waals surface area contributed by atoms with Crippen molar-refractivity contribution in [3.05, 3.63) is 65.7 Å². The molecule has 0 saturated heterocycles. The Hall–Kier alpha value is -2.53. The van der Waals surface area contributed by atoms with E-state index < -0.39 is 0 Å². The minimum absolute atomic E-state index is 0.0226. The van der Waals surface area contributed by atoms with E-state index in [0.717, 1.165) is 68.7 Å². The summed E-state index contributed by atoms with van der Waals surface area (Å²) in [5, 5.41) is 3.11. The van der Waals surface area contributed by atoms with Crippen molar-refractivity contribution < 1.29 is 9.53 Å². The highest BCUT2D eigenvalue weighted by Gasteiger charge is 2.20. The van der Waals surface area contributed by atoms with E-state index in [4.69, 9.17) is 4.74 Å². The fourth-order valence-electron chi connectivity index (χ4n) is 3.88. The monoisotopic (exact) mass is 453 g/mol. The first-order valence-electron chi connectivity index (χ1n) is 12.6. The number of urea groups is 1. The van der Waals surface area contributed by atoms with Crippen molar-refractivity contribution in [1.29, 1.82) is 0 Å². The Morgan fingerprint density at radius 3 is 2.39 bits per heavy atom. The summed E-state index contributed by atoms with van der Waals surface area (Å²) < 4.78 is 6.01. The maximum atomic E-state index is 13.0. The van der Waals surface area contributed by atoms with Crippen molar-refractivity contribution in [2.24, 2.45) is 0 Å². The first-order valence-corrected chi connectivity index (χ1v) is 12.6. The van der Waals surface area contributed by atoms with Crippen LogP contribution in [0.25, 0.3) is 0 Å². The molecule has 0 aliphatic heterocycles. The molecule has 0 aliphatic rings. The molecule has 0 saturated carbocycles. The van der Waals surface area contributed by atoms with Gasteiger partial charge in [0.15, 0.2) is 0 Å². The zero-order valence-electron chi connectivity index (χ0n) is 21.1. The third-order valence-electron chi connectivity index (χ3n) is 6.09. The van der Waals surface area contributed by atoms with Crippen LogP contribution in [0.5, 0.6) is 5.75 Å². The summed E-state index contributed by atoms with van der Waals surface area (Å²) in [6.45, 7) is 13.8. The number of nitrogens with one attached hydrogen (secondary N) is 1. The summed E-state index contributed by atoms with van der Waals surface area (Å²) in [5.41, 5.74) is 2.23. The van der Waals surface area contributed by atoms with E-state index >= 15 is 0 Å². The Morgan fingerprint density at radius 1 is 0.970 bits per heavy atom. The molecular weight excluding hydrogens is 410 g/mol. The predicted molar refractivity (Wildman–Crippen MR) is 138 cm³/mol. The number of hydrogen-bond donors (Lipinski definition) is 1. The van der Waals surface area contributed by atoms with Crippen LogP contribution in [0.4, 0.5) is 4.79 Å². The lowest BCUT2D eigenvalue weighted by atomic mass is 10.1. The van der Waals surface area contributed by atoms with Crippen molar-refractivity contribution in [1.82, 2.24) is 15.1 Å². The van der Waals surface area contributed by atoms with E-state index in [-0.39, 0.29) is 12.1 Å². The molecule has 0 aromatic heterocycles. The molecule has 0 heterocycles. The second-order valence-corrected chi connectivity index (χ2v) is 8.65. The van der Waals surface area contributed by atoms with E-state index in [1.807, 2.05) is 35.2 Å². The van der Waals surface area contributed by atoms with E-state index in [0.29, 0.717) is 13.2 Å². The quantitative estimate of drug-likeness (QED) is 0.332. The molecule has 2 aromatic rings. The van der Waals surface area contributed by atoms with Gasteiger partial charge in [-0.1, -0.05) is 69.7 Å². The molecule has 2 aromatic carbocycles. The van der Waals surface area contributed by atoms with E-state index in [2.05, 4.69) is 62.2 Å². The molecule has 0 radical (unpaired) electrons. The number of unbranched alkanes of at least 4 members (excludes halogenated alkanes) is 1. The minimum atomic E-state index is 0.0226. The van der Waals surface area contributed by atoms with Crippen LogP contribution in [-0.4, -0.2) is 48.1 Å². The summed E-state index contributed by atoms with van der Waals surface area (Å²) in [6, 6.07) is 18.5. The van der Waals surface area contributed by atoms with Gasteiger partial charge >= 0.3 is 6.03 Å². The van der Waals surface area contributed by atoms with E-state index in [1.165, 1.54) is 0 Å². The number of benzene rings is 2. The molecule has 1 unspecified atom stereocenters. The average Bonchev–Trinajstić information content (AvgIpc) is 2.85. The van der Waals surface area contributed by atoms with Crippen LogP contribution >= 0.6 is 0 Å². The van der Waals surface area contributed by atoms with Crippen LogP contribution in [0, 0.1) is 0 Å². The Kier molecular flexibility index (Phi) is 12.4. The second kappa shape index (κ2) is 15.3. The molecule has 2 amide bonds. The lowest BCUT2D eigenvalue weighted by Crippen LogP contribution is -2.45. The smallest absolute Gasteiger partial charge is 0.317 e. The predicted octanol–water partition coefficient (Wildman–Crippen LogP) is 6.09. The van der Waals surface area contributed by atoms with Crippen LogP contribution in [0.3, 0.4) is 0 Å². The SMILES string of the molecule is CCCCNC(=O)N(Cc1cccc(OCc2ccccc2)c1)C(C)CCCN(CC)CC. The third-order valence-corrected chi connectivity index (χ3v) is 6.09. The molecule has 5 nitrogen and oxygen atoms in total.